The van der Waals surface area contributed by atoms with E-state index in [4.69, 9.17) is 21.1 Å². The predicted octanol–water partition coefficient (Wildman–Crippen LogP) is 7.94. The van der Waals surface area contributed by atoms with Gasteiger partial charge in [-0.3, -0.25) is 24.7 Å². The maximum atomic E-state index is 14.0. The molecule has 348 valence electrons. The van der Waals surface area contributed by atoms with Gasteiger partial charge in [0.15, 0.2) is 0 Å². The number of H-pyrrole nitrogens is 1. The zero-order valence-corrected chi connectivity index (χ0v) is 38.9. The molecule has 5 heterocycles. The molecule has 0 radical (unpaired) electrons. The number of nitrogens with zero attached hydrogens (tertiary/aromatic N) is 6. The third kappa shape index (κ3) is 10.5. The molecule has 1 amide bonds. The van der Waals surface area contributed by atoms with Crippen molar-refractivity contribution in [2.45, 2.75) is 56.9 Å². The van der Waals surface area contributed by atoms with E-state index in [0.717, 1.165) is 113 Å². The third-order valence-electron chi connectivity index (χ3n) is 13.3. The predicted molar refractivity (Wildman–Crippen MR) is 256 cm³/mol. The summed E-state index contributed by atoms with van der Waals surface area (Å²) in [6, 6.07) is 20.9. The molecule has 3 saturated heterocycles. The summed E-state index contributed by atoms with van der Waals surface area (Å²) in [5.41, 5.74) is 8.62. The van der Waals surface area contributed by atoms with Gasteiger partial charge in [-0.2, -0.15) is 0 Å². The van der Waals surface area contributed by atoms with Crippen molar-refractivity contribution in [3.05, 3.63) is 117 Å². The zero-order chi connectivity index (χ0) is 46.0. The minimum Gasteiger partial charge on any atom is -0.455 e. The van der Waals surface area contributed by atoms with Gasteiger partial charge in [0.2, 0.25) is 0 Å². The molecular formula is C48H56ClN9O7S. The van der Waals surface area contributed by atoms with E-state index in [2.05, 4.69) is 60.8 Å². The molecule has 0 bridgehead atoms. The van der Waals surface area contributed by atoms with Gasteiger partial charge in [-0.15, -0.1) is 0 Å². The summed E-state index contributed by atoms with van der Waals surface area (Å²) >= 11 is 6.25. The van der Waals surface area contributed by atoms with E-state index in [0.29, 0.717) is 30.5 Å². The van der Waals surface area contributed by atoms with Gasteiger partial charge in [-0.05, 0) is 97.2 Å². The maximum Gasteiger partial charge on any atom is 0.295 e. The van der Waals surface area contributed by atoms with Crippen LogP contribution in [0.3, 0.4) is 0 Å². The van der Waals surface area contributed by atoms with Gasteiger partial charge in [0.05, 0.1) is 21.6 Å². The first-order chi connectivity index (χ1) is 31.8. The van der Waals surface area contributed by atoms with Gasteiger partial charge < -0.3 is 24.8 Å². The molecule has 9 rings (SSSR count). The Balaban J connectivity index is 0.904. The highest BCUT2D eigenvalue weighted by Gasteiger charge is 2.32. The number of piperazine rings is 2. The molecule has 1 aliphatic carbocycles. The van der Waals surface area contributed by atoms with E-state index in [1.807, 2.05) is 23.2 Å². The van der Waals surface area contributed by atoms with Crippen molar-refractivity contribution in [2.75, 3.05) is 82.4 Å². The first kappa shape index (κ1) is 45.6. The summed E-state index contributed by atoms with van der Waals surface area (Å²) in [4.78, 5) is 39.9. The second-order valence-electron chi connectivity index (χ2n) is 18.4. The standard InChI is InChI=1S/C48H56ClN9O7S/c1-48(2)15-11-35(42(30-48)33-3-5-36(49)6-4-33)32-54-17-19-56(20-18-54)38-7-9-41(45(28-38)65-39-27-34-12-16-50-46(34)51-31-39)47(59)53-66(62,63)40-8-10-43(44(29-40)58(60)61)52-57-23-21-55(22-24-57)37-13-25-64-26-14-37/h3-10,12,16,27-29,31,37,52H,11,13-15,17-26,30,32H2,1-2H3,(H,50,51)(H,53,59). The molecule has 0 atom stereocenters. The molecule has 18 heteroatoms. The summed E-state index contributed by atoms with van der Waals surface area (Å²) in [5, 5.41) is 15.7. The number of carbonyl (C=O) groups excluding carboxylic acids is 1. The molecule has 3 N–H and O–H groups in total. The summed E-state index contributed by atoms with van der Waals surface area (Å²) in [7, 11) is -4.58. The lowest BCUT2D eigenvalue weighted by atomic mass is 9.72. The number of allylic oxidation sites excluding steroid dienone is 1. The summed E-state index contributed by atoms with van der Waals surface area (Å²) in [6.07, 6.45) is 8.45. The number of nitro groups is 1. The molecule has 66 heavy (non-hydrogen) atoms. The smallest absolute Gasteiger partial charge is 0.295 e. The molecule has 0 unspecified atom stereocenters. The summed E-state index contributed by atoms with van der Waals surface area (Å²) in [6.45, 7) is 13.0. The number of anilines is 2. The number of nitrogens with one attached hydrogen (secondary N) is 3. The minimum absolute atomic E-state index is 0.0373. The van der Waals surface area contributed by atoms with Crippen molar-refractivity contribution in [1.82, 2.24) is 29.5 Å². The van der Waals surface area contributed by atoms with E-state index in [9.17, 15) is 23.3 Å². The number of benzene rings is 3. The average Bonchev–Trinajstić information content (AvgIpc) is 3.79. The molecular weight excluding hydrogens is 882 g/mol. The van der Waals surface area contributed by atoms with Crippen molar-refractivity contribution >= 4 is 61.2 Å². The van der Waals surface area contributed by atoms with Crippen LogP contribution in [0.15, 0.2) is 95.7 Å². The monoisotopic (exact) mass is 937 g/mol. The number of carbonyl (C=O) groups is 1. The SMILES string of the molecule is CC1(C)CCC(CN2CCN(c3ccc(C(=O)NS(=O)(=O)c4ccc(NN5CCN(C6CCOCC6)CC5)c([N+](=O)[O-])c4)c(Oc4cnc5[nH]ccc5c4)c3)CC2)=C(c2ccc(Cl)cc2)C1. The van der Waals surface area contributed by atoms with Gasteiger partial charge in [0.25, 0.3) is 21.6 Å². The lowest BCUT2D eigenvalue weighted by Gasteiger charge is -2.40. The zero-order valence-electron chi connectivity index (χ0n) is 37.3. The van der Waals surface area contributed by atoms with Crippen LogP contribution in [-0.4, -0.2) is 122 Å². The Morgan fingerprint density at radius 1 is 0.970 bits per heavy atom. The Kier molecular flexibility index (Phi) is 13.4. The van der Waals surface area contributed by atoms with Crippen LogP contribution in [0.2, 0.25) is 5.02 Å². The highest BCUT2D eigenvalue weighted by molar-refractivity contribution is 7.90. The second-order valence-corrected chi connectivity index (χ2v) is 20.5. The maximum absolute atomic E-state index is 14.0. The van der Waals surface area contributed by atoms with Crippen LogP contribution >= 0.6 is 11.6 Å². The molecule has 0 spiro atoms. The lowest BCUT2D eigenvalue weighted by molar-refractivity contribution is -0.384. The number of sulfonamides is 1. The number of ether oxygens (including phenoxy) is 2. The molecule has 3 fully saturated rings. The highest BCUT2D eigenvalue weighted by atomic mass is 35.5. The van der Waals surface area contributed by atoms with E-state index in [1.165, 1.54) is 35.0 Å². The number of nitro benzene ring substituents is 1. The Morgan fingerprint density at radius 3 is 2.47 bits per heavy atom. The molecule has 3 aromatic carbocycles. The highest BCUT2D eigenvalue weighted by Crippen LogP contribution is 2.43. The Hall–Kier alpha value is -5.56. The van der Waals surface area contributed by atoms with Crippen molar-refractivity contribution in [3.8, 4) is 11.5 Å². The number of hydrogen-bond donors (Lipinski definition) is 3. The normalized spacial score (nSPS) is 19.2. The quantitative estimate of drug-likeness (QED) is 0.0766. The average molecular weight is 939 g/mol. The third-order valence-corrected chi connectivity index (χ3v) is 14.9. The number of rotatable bonds is 13. The van der Waals surface area contributed by atoms with Gasteiger partial charge in [0.1, 0.15) is 22.8 Å². The van der Waals surface area contributed by atoms with Crippen molar-refractivity contribution in [1.29, 1.82) is 0 Å². The summed E-state index contributed by atoms with van der Waals surface area (Å²) < 4.78 is 41.6. The number of pyridine rings is 1. The fourth-order valence-electron chi connectivity index (χ4n) is 9.56. The Labute approximate surface area is 390 Å². The first-order valence-electron chi connectivity index (χ1n) is 22.7. The Morgan fingerprint density at radius 2 is 1.73 bits per heavy atom. The van der Waals surface area contributed by atoms with Crippen LogP contribution in [0.25, 0.3) is 16.6 Å². The number of hydrazine groups is 1. The number of fused-ring (bicyclic) bond motifs is 1. The van der Waals surface area contributed by atoms with E-state index < -0.39 is 31.4 Å². The van der Waals surface area contributed by atoms with E-state index in [-0.39, 0.29) is 22.4 Å². The van der Waals surface area contributed by atoms with Gasteiger partial charge in [0, 0.05) is 113 Å². The van der Waals surface area contributed by atoms with Crippen LogP contribution < -0.4 is 19.8 Å². The van der Waals surface area contributed by atoms with Crippen LogP contribution in [0, 0.1) is 15.5 Å². The van der Waals surface area contributed by atoms with Gasteiger partial charge in [-0.1, -0.05) is 43.2 Å². The fourth-order valence-corrected chi connectivity index (χ4v) is 10.7. The number of aromatic nitrogens is 2. The number of halogens is 1. The fraction of sp³-hybridized carbons (Fsp3) is 0.417. The van der Waals surface area contributed by atoms with Crippen LogP contribution in [0.1, 0.15) is 61.9 Å². The molecule has 0 saturated carbocycles. The summed E-state index contributed by atoms with van der Waals surface area (Å²) in [5.74, 6) is -0.473. The van der Waals surface area contributed by atoms with E-state index in [1.54, 1.807) is 30.5 Å². The van der Waals surface area contributed by atoms with Crippen molar-refractivity contribution in [2.24, 2.45) is 5.41 Å². The lowest BCUT2D eigenvalue weighted by Crippen LogP contribution is -2.53. The number of hydrogen-bond acceptors (Lipinski definition) is 13. The molecule has 3 aliphatic heterocycles. The van der Waals surface area contributed by atoms with Crippen LogP contribution in [-0.2, 0) is 14.8 Å². The van der Waals surface area contributed by atoms with E-state index >= 15 is 0 Å². The topological polar surface area (TPSA) is 179 Å². The second kappa shape index (κ2) is 19.3. The van der Waals surface area contributed by atoms with Crippen molar-refractivity contribution < 1.29 is 27.6 Å². The van der Waals surface area contributed by atoms with Crippen LogP contribution in [0.4, 0.5) is 17.1 Å². The van der Waals surface area contributed by atoms with Crippen molar-refractivity contribution in [3.63, 3.8) is 0 Å². The van der Waals surface area contributed by atoms with Gasteiger partial charge >= 0.3 is 0 Å². The first-order valence-corrected chi connectivity index (χ1v) is 24.5. The van der Waals surface area contributed by atoms with Crippen LogP contribution in [0.5, 0.6) is 11.5 Å². The number of amides is 1. The number of aromatic amines is 1. The molecule has 2 aromatic heterocycles. The Bertz CT molecular complexity index is 2720. The molecule has 16 nitrogen and oxygen atoms in total. The largest absolute Gasteiger partial charge is 0.455 e. The molecule has 5 aromatic rings. The molecule has 4 aliphatic rings. The van der Waals surface area contributed by atoms with Gasteiger partial charge in [-0.25, -0.2) is 23.1 Å². The minimum atomic E-state index is -4.58.